The molecule has 0 bridgehead atoms. The summed E-state index contributed by atoms with van der Waals surface area (Å²) in [7, 11) is 5.15. The minimum absolute atomic E-state index is 0.0207. The van der Waals surface area contributed by atoms with Crippen molar-refractivity contribution in [2.75, 3.05) is 39.5 Å². The molecule has 0 saturated heterocycles. The zero-order valence-corrected chi connectivity index (χ0v) is 12.6. The summed E-state index contributed by atoms with van der Waals surface area (Å²) >= 11 is 0. The van der Waals surface area contributed by atoms with Crippen molar-refractivity contribution < 1.29 is 9.59 Å². The van der Waals surface area contributed by atoms with E-state index >= 15 is 0 Å². The van der Waals surface area contributed by atoms with Gasteiger partial charge in [0, 0.05) is 19.8 Å². The second-order valence-corrected chi connectivity index (χ2v) is 5.06. The van der Waals surface area contributed by atoms with Gasteiger partial charge in [0.2, 0.25) is 11.8 Å². The van der Waals surface area contributed by atoms with Crippen LogP contribution in [0.4, 0.5) is 5.69 Å². The van der Waals surface area contributed by atoms with Crippen LogP contribution in [0.3, 0.4) is 0 Å². The van der Waals surface area contributed by atoms with E-state index in [4.69, 9.17) is 0 Å². The van der Waals surface area contributed by atoms with E-state index in [9.17, 15) is 9.59 Å². The maximum atomic E-state index is 11.9. The summed E-state index contributed by atoms with van der Waals surface area (Å²) in [6.45, 7) is 2.51. The average molecular weight is 277 g/mol. The molecule has 0 saturated carbocycles. The van der Waals surface area contributed by atoms with Gasteiger partial charge in [0.25, 0.3) is 0 Å². The minimum Gasteiger partial charge on any atom is -0.348 e. The number of aryl methyl sites for hydroxylation is 1. The second kappa shape index (κ2) is 7.65. The Bertz CT molecular complexity index is 455. The van der Waals surface area contributed by atoms with E-state index in [-0.39, 0.29) is 24.9 Å². The molecule has 0 radical (unpaired) electrons. The van der Waals surface area contributed by atoms with Gasteiger partial charge in [-0.15, -0.1) is 0 Å². The van der Waals surface area contributed by atoms with Crippen molar-refractivity contribution in [3.8, 4) is 0 Å². The quantitative estimate of drug-likeness (QED) is 0.850. The van der Waals surface area contributed by atoms with Crippen molar-refractivity contribution in [3.63, 3.8) is 0 Å². The van der Waals surface area contributed by atoms with Crippen molar-refractivity contribution in [2.45, 2.75) is 13.3 Å². The topological polar surface area (TPSA) is 52.7 Å². The minimum atomic E-state index is -0.122. The molecule has 0 spiro atoms. The first-order valence-electron chi connectivity index (χ1n) is 6.70. The summed E-state index contributed by atoms with van der Waals surface area (Å²) < 4.78 is 0. The summed E-state index contributed by atoms with van der Waals surface area (Å²) in [6, 6.07) is 7.77. The van der Waals surface area contributed by atoms with Crippen molar-refractivity contribution in [3.05, 3.63) is 29.8 Å². The average Bonchev–Trinajstić information content (AvgIpc) is 2.39. The molecule has 0 fully saturated rings. The number of rotatable bonds is 6. The first-order chi connectivity index (χ1) is 9.42. The maximum absolute atomic E-state index is 11.9. The third-order valence-electron chi connectivity index (χ3n) is 2.96. The molecule has 1 rings (SSSR count). The van der Waals surface area contributed by atoms with Crippen LogP contribution in [0.5, 0.6) is 0 Å². The third kappa shape index (κ3) is 5.40. The molecule has 1 aromatic rings. The molecular weight excluding hydrogens is 254 g/mol. The Labute approximate surface area is 120 Å². The van der Waals surface area contributed by atoms with E-state index in [1.807, 2.05) is 24.3 Å². The Morgan fingerprint density at radius 3 is 2.15 bits per heavy atom. The van der Waals surface area contributed by atoms with E-state index in [1.54, 1.807) is 26.0 Å². The lowest BCUT2D eigenvalue weighted by molar-refractivity contribution is -0.130. The third-order valence-corrected chi connectivity index (χ3v) is 2.96. The van der Waals surface area contributed by atoms with Crippen LogP contribution in [-0.2, 0) is 16.0 Å². The molecule has 0 heterocycles. The first-order valence-corrected chi connectivity index (χ1v) is 6.70. The lowest BCUT2D eigenvalue weighted by Gasteiger charge is -2.18. The number of benzene rings is 1. The monoisotopic (exact) mass is 277 g/mol. The Balaban J connectivity index is 2.44. The summed E-state index contributed by atoms with van der Waals surface area (Å²) in [5.74, 6) is -0.143. The molecule has 0 aliphatic carbocycles. The lowest BCUT2D eigenvalue weighted by atomic mass is 10.1. The Kier molecular flexibility index (Phi) is 6.18. The smallest absolute Gasteiger partial charge is 0.238 e. The summed E-state index contributed by atoms with van der Waals surface area (Å²) in [5, 5.41) is 2.82. The first kappa shape index (κ1) is 16.2. The molecular formula is C15H23N3O2. The summed E-state index contributed by atoms with van der Waals surface area (Å²) in [5.41, 5.74) is 2.01. The van der Waals surface area contributed by atoms with Crippen LogP contribution in [-0.4, -0.2) is 55.8 Å². The largest absolute Gasteiger partial charge is 0.348 e. The van der Waals surface area contributed by atoms with Crippen LogP contribution < -0.4 is 5.32 Å². The highest BCUT2D eigenvalue weighted by atomic mass is 16.2. The molecule has 1 N–H and O–H groups in total. The zero-order valence-electron chi connectivity index (χ0n) is 12.6. The highest BCUT2D eigenvalue weighted by Gasteiger charge is 2.11. The van der Waals surface area contributed by atoms with Gasteiger partial charge in [-0.25, -0.2) is 0 Å². The lowest BCUT2D eigenvalue weighted by Crippen LogP contribution is -2.38. The van der Waals surface area contributed by atoms with Crippen LogP contribution in [0.2, 0.25) is 0 Å². The van der Waals surface area contributed by atoms with E-state index in [2.05, 4.69) is 12.2 Å². The van der Waals surface area contributed by atoms with Gasteiger partial charge >= 0.3 is 0 Å². The van der Waals surface area contributed by atoms with E-state index < -0.39 is 0 Å². The van der Waals surface area contributed by atoms with Gasteiger partial charge in [0.15, 0.2) is 0 Å². The van der Waals surface area contributed by atoms with Gasteiger partial charge in [-0.2, -0.15) is 0 Å². The van der Waals surface area contributed by atoms with Gasteiger partial charge in [-0.1, -0.05) is 19.1 Å². The predicted octanol–water partition coefficient (Wildman–Crippen LogP) is 1.21. The van der Waals surface area contributed by atoms with Gasteiger partial charge < -0.3 is 10.2 Å². The van der Waals surface area contributed by atoms with Crippen molar-refractivity contribution in [2.24, 2.45) is 0 Å². The van der Waals surface area contributed by atoms with Gasteiger partial charge in [0.1, 0.15) is 0 Å². The number of hydrogen-bond donors (Lipinski definition) is 1. The number of anilines is 1. The predicted molar refractivity (Wildman–Crippen MR) is 80.6 cm³/mol. The fraction of sp³-hybridized carbons (Fsp3) is 0.467. The number of amides is 2. The van der Waals surface area contributed by atoms with Gasteiger partial charge in [-0.3, -0.25) is 14.5 Å². The number of nitrogens with zero attached hydrogens (tertiary/aromatic N) is 2. The van der Waals surface area contributed by atoms with Crippen LogP contribution in [0, 0.1) is 0 Å². The maximum Gasteiger partial charge on any atom is 0.238 e. The molecule has 2 amide bonds. The van der Waals surface area contributed by atoms with Gasteiger partial charge in [-0.05, 0) is 31.2 Å². The number of carbonyl (C=O) groups excluding carboxylic acids is 2. The van der Waals surface area contributed by atoms with Crippen molar-refractivity contribution >= 4 is 17.5 Å². The van der Waals surface area contributed by atoms with E-state index in [1.165, 1.54) is 10.5 Å². The fourth-order valence-corrected chi connectivity index (χ4v) is 1.70. The second-order valence-electron chi connectivity index (χ2n) is 5.06. The van der Waals surface area contributed by atoms with Gasteiger partial charge in [0.05, 0.1) is 13.1 Å². The Morgan fingerprint density at radius 1 is 1.05 bits per heavy atom. The van der Waals surface area contributed by atoms with Crippen molar-refractivity contribution in [1.29, 1.82) is 0 Å². The van der Waals surface area contributed by atoms with E-state index in [0.29, 0.717) is 0 Å². The highest BCUT2D eigenvalue weighted by Crippen LogP contribution is 2.09. The molecule has 0 aromatic heterocycles. The molecule has 110 valence electrons. The normalized spacial score (nSPS) is 10.4. The molecule has 0 aliphatic rings. The molecule has 0 atom stereocenters. The van der Waals surface area contributed by atoms with Crippen LogP contribution >= 0.6 is 0 Å². The van der Waals surface area contributed by atoms with Crippen LogP contribution in [0.15, 0.2) is 24.3 Å². The molecule has 5 heteroatoms. The summed E-state index contributed by atoms with van der Waals surface area (Å²) in [6.07, 6.45) is 0.976. The molecule has 1 aromatic carbocycles. The molecule has 20 heavy (non-hydrogen) atoms. The molecule has 5 nitrogen and oxygen atoms in total. The van der Waals surface area contributed by atoms with E-state index in [0.717, 1.165) is 12.1 Å². The Hall–Kier alpha value is -1.88. The van der Waals surface area contributed by atoms with Crippen LogP contribution in [0.1, 0.15) is 12.5 Å². The van der Waals surface area contributed by atoms with Crippen molar-refractivity contribution in [1.82, 2.24) is 9.80 Å². The summed E-state index contributed by atoms with van der Waals surface area (Å²) in [4.78, 5) is 26.6. The zero-order chi connectivity index (χ0) is 15.1. The molecule has 0 unspecified atom stereocenters. The number of carbonyl (C=O) groups is 2. The SMILES string of the molecule is CCc1ccc(NC(=O)CN(C)CC(=O)N(C)C)cc1. The number of hydrogen-bond acceptors (Lipinski definition) is 3. The molecule has 0 aliphatic heterocycles. The highest BCUT2D eigenvalue weighted by molar-refractivity contribution is 5.92. The van der Waals surface area contributed by atoms with Crippen LogP contribution in [0.25, 0.3) is 0 Å². The fourth-order valence-electron chi connectivity index (χ4n) is 1.70. The number of nitrogens with one attached hydrogen (secondary N) is 1. The standard InChI is InChI=1S/C15H23N3O2/c1-5-12-6-8-13(9-7-12)16-14(19)10-18(4)11-15(20)17(2)3/h6-9H,5,10-11H2,1-4H3,(H,16,19). The Morgan fingerprint density at radius 2 is 1.65 bits per heavy atom. The number of likely N-dealkylation sites (N-methyl/N-ethyl adjacent to an activating group) is 2.